The summed E-state index contributed by atoms with van der Waals surface area (Å²) in [6, 6.07) is 1.52. The number of nitrogens with zero attached hydrogens (tertiary/aromatic N) is 1. The molecular formula is C12H18BrN3O4S. The Kier molecular flexibility index (Phi) is 5.94. The fourth-order valence-corrected chi connectivity index (χ4v) is 3.57. The molecule has 0 aromatic carbocycles. The van der Waals surface area contributed by atoms with E-state index in [2.05, 4.69) is 31.0 Å². The van der Waals surface area contributed by atoms with E-state index in [1.807, 2.05) is 6.92 Å². The number of halogens is 1. The first-order chi connectivity index (χ1) is 10.0. The molecule has 7 nitrogen and oxygen atoms in total. The minimum absolute atomic E-state index is 0.107. The minimum Gasteiger partial charge on any atom is -0.376 e. The number of hydrogen-bond donors (Lipinski definition) is 2. The molecule has 1 aromatic rings. The Morgan fingerprint density at radius 2 is 2.29 bits per heavy atom. The molecule has 21 heavy (non-hydrogen) atoms. The molecule has 1 saturated heterocycles. The SMILES string of the molecule is CCNc1ncc(Br)cc1S(=O)(=O)NCC1COCCO1. The third-order valence-corrected chi connectivity index (χ3v) is 4.71. The number of nitrogens with one attached hydrogen (secondary N) is 2. The van der Waals surface area contributed by atoms with Gasteiger partial charge in [0.15, 0.2) is 0 Å². The van der Waals surface area contributed by atoms with Gasteiger partial charge in [0.05, 0.1) is 25.9 Å². The second-order valence-corrected chi connectivity index (χ2v) is 7.10. The fraction of sp³-hybridized carbons (Fsp3) is 0.583. The van der Waals surface area contributed by atoms with Crippen LogP contribution in [0.4, 0.5) is 5.82 Å². The summed E-state index contributed by atoms with van der Waals surface area (Å²) in [5.74, 6) is 0.328. The Morgan fingerprint density at radius 1 is 1.48 bits per heavy atom. The summed E-state index contributed by atoms with van der Waals surface area (Å²) in [4.78, 5) is 4.20. The third-order valence-electron chi connectivity index (χ3n) is 2.84. The van der Waals surface area contributed by atoms with E-state index in [0.717, 1.165) is 0 Å². The van der Waals surface area contributed by atoms with Gasteiger partial charge in [-0.25, -0.2) is 18.1 Å². The highest BCUT2D eigenvalue weighted by Crippen LogP contribution is 2.22. The van der Waals surface area contributed by atoms with Gasteiger partial charge in [-0.05, 0) is 28.9 Å². The van der Waals surface area contributed by atoms with E-state index < -0.39 is 10.0 Å². The van der Waals surface area contributed by atoms with Crippen molar-refractivity contribution in [1.82, 2.24) is 9.71 Å². The van der Waals surface area contributed by atoms with Crippen molar-refractivity contribution in [3.63, 3.8) is 0 Å². The van der Waals surface area contributed by atoms with E-state index in [1.165, 1.54) is 6.07 Å². The molecule has 2 rings (SSSR count). The van der Waals surface area contributed by atoms with Gasteiger partial charge >= 0.3 is 0 Å². The van der Waals surface area contributed by atoms with Crippen molar-refractivity contribution in [2.24, 2.45) is 0 Å². The van der Waals surface area contributed by atoms with Gasteiger partial charge in [0, 0.05) is 23.8 Å². The molecule has 1 unspecified atom stereocenters. The van der Waals surface area contributed by atoms with Crippen molar-refractivity contribution in [3.05, 3.63) is 16.7 Å². The summed E-state index contributed by atoms with van der Waals surface area (Å²) in [6.07, 6.45) is 1.28. The molecule has 2 N–H and O–H groups in total. The molecule has 0 aliphatic carbocycles. The number of sulfonamides is 1. The molecule has 1 aliphatic heterocycles. The van der Waals surface area contributed by atoms with Crippen molar-refractivity contribution in [1.29, 1.82) is 0 Å². The topological polar surface area (TPSA) is 89.6 Å². The van der Waals surface area contributed by atoms with Crippen molar-refractivity contribution < 1.29 is 17.9 Å². The number of aromatic nitrogens is 1. The van der Waals surface area contributed by atoms with Gasteiger partial charge in [-0.15, -0.1) is 0 Å². The molecule has 0 bridgehead atoms. The van der Waals surface area contributed by atoms with Crippen LogP contribution in [0.2, 0.25) is 0 Å². The van der Waals surface area contributed by atoms with E-state index >= 15 is 0 Å². The lowest BCUT2D eigenvalue weighted by Gasteiger charge is -2.23. The highest BCUT2D eigenvalue weighted by molar-refractivity contribution is 9.10. The van der Waals surface area contributed by atoms with Crippen LogP contribution in [0.5, 0.6) is 0 Å². The molecule has 0 spiro atoms. The van der Waals surface area contributed by atoms with E-state index in [4.69, 9.17) is 9.47 Å². The van der Waals surface area contributed by atoms with Crippen LogP contribution in [0.3, 0.4) is 0 Å². The summed E-state index contributed by atoms with van der Waals surface area (Å²) in [5.41, 5.74) is 0. The van der Waals surface area contributed by atoms with Crippen LogP contribution in [0, 0.1) is 0 Å². The Labute approximate surface area is 132 Å². The van der Waals surface area contributed by atoms with Crippen molar-refractivity contribution >= 4 is 31.8 Å². The fourth-order valence-electron chi connectivity index (χ4n) is 1.86. The van der Waals surface area contributed by atoms with Crippen LogP contribution >= 0.6 is 15.9 Å². The van der Waals surface area contributed by atoms with E-state index in [-0.39, 0.29) is 17.5 Å². The molecule has 9 heteroatoms. The number of anilines is 1. The number of rotatable bonds is 6. The first-order valence-electron chi connectivity index (χ1n) is 6.61. The number of hydrogen-bond acceptors (Lipinski definition) is 6. The minimum atomic E-state index is -3.68. The Balaban J connectivity index is 2.12. The monoisotopic (exact) mass is 379 g/mol. The molecule has 1 aliphatic rings. The van der Waals surface area contributed by atoms with Crippen molar-refractivity contribution in [2.75, 3.05) is 38.2 Å². The lowest BCUT2D eigenvalue weighted by Crippen LogP contribution is -2.39. The predicted octanol–water partition coefficient (Wildman–Crippen LogP) is 0.970. The standard InChI is InChI=1S/C12H18BrN3O4S/c1-2-14-12-11(5-9(13)6-15-12)21(17,18)16-7-10-8-19-3-4-20-10/h5-6,10,16H,2-4,7-8H2,1H3,(H,14,15). The van der Waals surface area contributed by atoms with E-state index in [0.29, 0.717) is 36.7 Å². The Bertz CT molecular complexity index is 576. The predicted molar refractivity (Wildman–Crippen MR) is 81.8 cm³/mol. The smallest absolute Gasteiger partial charge is 0.244 e. The van der Waals surface area contributed by atoms with Crippen LogP contribution in [0.15, 0.2) is 21.6 Å². The van der Waals surface area contributed by atoms with Gasteiger partial charge in [0.2, 0.25) is 10.0 Å². The van der Waals surface area contributed by atoms with E-state index in [9.17, 15) is 8.42 Å². The average Bonchev–Trinajstić information content (AvgIpc) is 2.48. The Hall–Kier alpha value is -0.740. The van der Waals surface area contributed by atoms with E-state index in [1.54, 1.807) is 6.20 Å². The quantitative estimate of drug-likeness (QED) is 0.765. The summed E-state index contributed by atoms with van der Waals surface area (Å²) in [6.45, 7) is 4.04. The molecule has 0 radical (unpaired) electrons. The molecule has 2 heterocycles. The molecule has 1 fully saturated rings. The summed E-state index contributed by atoms with van der Waals surface area (Å²) >= 11 is 3.24. The zero-order chi connectivity index (χ0) is 15.3. The molecule has 118 valence electrons. The normalized spacial score (nSPS) is 19.4. The molecule has 0 amide bonds. The molecule has 0 saturated carbocycles. The Morgan fingerprint density at radius 3 is 2.95 bits per heavy atom. The highest BCUT2D eigenvalue weighted by Gasteiger charge is 2.23. The van der Waals surface area contributed by atoms with Crippen LogP contribution in [0.25, 0.3) is 0 Å². The summed E-state index contributed by atoms with van der Waals surface area (Å²) in [7, 11) is -3.68. The summed E-state index contributed by atoms with van der Waals surface area (Å²) in [5, 5.41) is 2.94. The van der Waals surface area contributed by atoms with Gasteiger partial charge in [0.25, 0.3) is 0 Å². The van der Waals surface area contributed by atoms with Crippen LogP contribution in [0.1, 0.15) is 6.92 Å². The van der Waals surface area contributed by atoms with Crippen LogP contribution < -0.4 is 10.0 Å². The molecule has 1 atom stereocenters. The maximum atomic E-state index is 12.4. The largest absolute Gasteiger partial charge is 0.376 e. The maximum Gasteiger partial charge on any atom is 0.244 e. The van der Waals surface area contributed by atoms with Crippen molar-refractivity contribution in [3.8, 4) is 0 Å². The average molecular weight is 380 g/mol. The highest BCUT2D eigenvalue weighted by atomic mass is 79.9. The van der Waals surface area contributed by atoms with Gasteiger partial charge < -0.3 is 14.8 Å². The van der Waals surface area contributed by atoms with Gasteiger partial charge in [-0.3, -0.25) is 0 Å². The zero-order valence-electron chi connectivity index (χ0n) is 11.6. The third kappa shape index (κ3) is 4.62. The lowest BCUT2D eigenvalue weighted by molar-refractivity contribution is -0.0846. The first-order valence-corrected chi connectivity index (χ1v) is 8.89. The summed E-state index contributed by atoms with van der Waals surface area (Å²) < 4.78 is 38.6. The lowest BCUT2D eigenvalue weighted by atomic mass is 10.3. The van der Waals surface area contributed by atoms with Gasteiger partial charge in [0.1, 0.15) is 10.7 Å². The first kappa shape index (κ1) is 16.6. The van der Waals surface area contributed by atoms with Crippen LogP contribution in [-0.2, 0) is 19.5 Å². The number of ether oxygens (including phenoxy) is 2. The second-order valence-electron chi connectivity index (χ2n) is 4.45. The van der Waals surface area contributed by atoms with Gasteiger partial charge in [-0.2, -0.15) is 0 Å². The zero-order valence-corrected chi connectivity index (χ0v) is 14.0. The molecule has 1 aromatic heterocycles. The second kappa shape index (κ2) is 7.50. The number of pyridine rings is 1. The van der Waals surface area contributed by atoms with Crippen molar-refractivity contribution in [2.45, 2.75) is 17.9 Å². The van der Waals surface area contributed by atoms with Crippen LogP contribution in [-0.4, -0.2) is 52.4 Å². The molecular weight excluding hydrogens is 362 g/mol. The van der Waals surface area contributed by atoms with Gasteiger partial charge in [-0.1, -0.05) is 0 Å². The maximum absolute atomic E-state index is 12.4.